The zero-order valence-corrected chi connectivity index (χ0v) is 7.93. The molecule has 1 saturated heterocycles. The average molecular weight is 156 g/mol. The molecule has 0 radical (unpaired) electrons. The predicted molar refractivity (Wildman–Crippen MR) is 48.5 cm³/mol. The molecule has 1 rings (SSSR count). The van der Waals surface area contributed by atoms with Gasteiger partial charge in [0.05, 0.1) is 0 Å². The Bertz CT molecular complexity index is 132. The molecule has 0 aromatic rings. The van der Waals surface area contributed by atoms with Crippen molar-refractivity contribution >= 4 is 0 Å². The van der Waals surface area contributed by atoms with Gasteiger partial charge in [-0.2, -0.15) is 0 Å². The molecule has 2 N–H and O–H groups in total. The van der Waals surface area contributed by atoms with E-state index in [1.165, 1.54) is 19.4 Å². The average Bonchev–Trinajstić information content (AvgIpc) is 1.90. The van der Waals surface area contributed by atoms with Gasteiger partial charge in [0.2, 0.25) is 0 Å². The summed E-state index contributed by atoms with van der Waals surface area (Å²) >= 11 is 0. The number of likely N-dealkylation sites (N-methyl/N-ethyl adjacent to an activating group) is 1. The summed E-state index contributed by atoms with van der Waals surface area (Å²) in [6.07, 6.45) is 2.44. The van der Waals surface area contributed by atoms with Gasteiger partial charge in [0, 0.05) is 19.1 Å². The third-order valence-corrected chi connectivity index (χ3v) is 2.44. The summed E-state index contributed by atoms with van der Waals surface area (Å²) in [7, 11) is 2.16. The largest absolute Gasteiger partial charge is 0.327 e. The van der Waals surface area contributed by atoms with Gasteiger partial charge in [0.15, 0.2) is 0 Å². The molecule has 0 bridgehead atoms. The number of hydrogen-bond acceptors (Lipinski definition) is 2. The van der Waals surface area contributed by atoms with Crippen molar-refractivity contribution in [2.45, 2.75) is 32.7 Å². The molecule has 66 valence electrons. The van der Waals surface area contributed by atoms with Crippen LogP contribution in [0.15, 0.2) is 0 Å². The minimum Gasteiger partial charge on any atom is -0.327 e. The molecular weight excluding hydrogens is 136 g/mol. The third-order valence-electron chi connectivity index (χ3n) is 2.44. The van der Waals surface area contributed by atoms with Gasteiger partial charge in [-0.25, -0.2) is 0 Å². The highest BCUT2D eigenvalue weighted by molar-refractivity contribution is 4.81. The van der Waals surface area contributed by atoms with Crippen LogP contribution in [0.25, 0.3) is 0 Å². The fourth-order valence-corrected chi connectivity index (χ4v) is 1.94. The minimum absolute atomic E-state index is 0.391. The van der Waals surface area contributed by atoms with Gasteiger partial charge in [0.1, 0.15) is 0 Å². The van der Waals surface area contributed by atoms with Crippen molar-refractivity contribution in [3.05, 3.63) is 0 Å². The standard InChI is InChI=1S/C9H20N2/c1-9(2)5-4-8(10)6-11(3)7-9/h8H,4-7,10H2,1-3H3. The summed E-state index contributed by atoms with van der Waals surface area (Å²) in [6.45, 7) is 6.88. The number of rotatable bonds is 0. The SMILES string of the molecule is CN1CC(N)CCC(C)(C)C1. The fraction of sp³-hybridized carbons (Fsp3) is 1.00. The lowest BCUT2D eigenvalue weighted by Gasteiger charge is -2.26. The monoisotopic (exact) mass is 156 g/mol. The van der Waals surface area contributed by atoms with E-state index >= 15 is 0 Å². The van der Waals surface area contributed by atoms with E-state index in [9.17, 15) is 0 Å². The lowest BCUT2D eigenvalue weighted by molar-refractivity contribution is 0.227. The van der Waals surface area contributed by atoms with E-state index < -0.39 is 0 Å². The van der Waals surface area contributed by atoms with Crippen molar-refractivity contribution in [2.24, 2.45) is 11.1 Å². The van der Waals surface area contributed by atoms with E-state index in [4.69, 9.17) is 5.73 Å². The van der Waals surface area contributed by atoms with Gasteiger partial charge in [-0.3, -0.25) is 0 Å². The van der Waals surface area contributed by atoms with Crippen LogP contribution >= 0.6 is 0 Å². The molecule has 2 nitrogen and oxygen atoms in total. The third kappa shape index (κ3) is 2.80. The Hall–Kier alpha value is -0.0800. The van der Waals surface area contributed by atoms with Crippen LogP contribution in [0.1, 0.15) is 26.7 Å². The Morgan fingerprint density at radius 3 is 2.73 bits per heavy atom. The fourth-order valence-electron chi connectivity index (χ4n) is 1.94. The molecule has 0 aromatic heterocycles. The van der Waals surface area contributed by atoms with Crippen LogP contribution in [0, 0.1) is 5.41 Å². The van der Waals surface area contributed by atoms with E-state index in [-0.39, 0.29) is 0 Å². The molecule has 1 fully saturated rings. The van der Waals surface area contributed by atoms with Crippen LogP contribution in [0.3, 0.4) is 0 Å². The smallest absolute Gasteiger partial charge is 0.0167 e. The van der Waals surface area contributed by atoms with E-state index in [0.29, 0.717) is 11.5 Å². The summed E-state index contributed by atoms with van der Waals surface area (Å²) in [6, 6.07) is 0.391. The maximum absolute atomic E-state index is 5.90. The molecule has 0 saturated carbocycles. The number of nitrogens with zero attached hydrogens (tertiary/aromatic N) is 1. The summed E-state index contributed by atoms with van der Waals surface area (Å²) in [5.74, 6) is 0. The van der Waals surface area contributed by atoms with Gasteiger partial charge in [-0.15, -0.1) is 0 Å². The van der Waals surface area contributed by atoms with Crippen LogP contribution in [-0.2, 0) is 0 Å². The zero-order chi connectivity index (χ0) is 8.48. The second-order valence-electron chi connectivity index (χ2n) is 4.66. The Kier molecular flexibility index (Phi) is 2.55. The van der Waals surface area contributed by atoms with Gasteiger partial charge in [-0.1, -0.05) is 13.8 Å². The summed E-state index contributed by atoms with van der Waals surface area (Å²) in [5.41, 5.74) is 6.37. The molecule has 1 atom stereocenters. The van der Waals surface area contributed by atoms with Crippen LogP contribution in [0.4, 0.5) is 0 Å². The highest BCUT2D eigenvalue weighted by atomic mass is 15.1. The molecule has 1 unspecified atom stereocenters. The Balaban J connectivity index is 2.53. The summed E-state index contributed by atoms with van der Waals surface area (Å²) in [4.78, 5) is 2.34. The Morgan fingerprint density at radius 2 is 2.09 bits per heavy atom. The second kappa shape index (κ2) is 3.11. The minimum atomic E-state index is 0.391. The van der Waals surface area contributed by atoms with Crippen molar-refractivity contribution in [1.29, 1.82) is 0 Å². The summed E-state index contributed by atoms with van der Waals surface area (Å²) in [5, 5.41) is 0. The first kappa shape index (κ1) is 9.01. The molecule has 2 heteroatoms. The van der Waals surface area contributed by atoms with E-state index in [1.807, 2.05) is 0 Å². The number of nitrogens with two attached hydrogens (primary N) is 1. The highest BCUT2D eigenvalue weighted by Gasteiger charge is 2.25. The molecule has 11 heavy (non-hydrogen) atoms. The molecular formula is C9H20N2. The van der Waals surface area contributed by atoms with Crippen LogP contribution in [0.2, 0.25) is 0 Å². The van der Waals surface area contributed by atoms with Gasteiger partial charge in [-0.05, 0) is 25.3 Å². The molecule has 0 aromatic carbocycles. The molecule has 1 aliphatic rings. The van der Waals surface area contributed by atoms with Crippen molar-refractivity contribution in [2.75, 3.05) is 20.1 Å². The predicted octanol–water partition coefficient (Wildman–Crippen LogP) is 1.07. The maximum atomic E-state index is 5.90. The molecule has 1 aliphatic heterocycles. The first-order valence-corrected chi connectivity index (χ1v) is 4.44. The first-order valence-electron chi connectivity index (χ1n) is 4.44. The molecule has 0 spiro atoms. The van der Waals surface area contributed by atoms with Crippen LogP contribution < -0.4 is 5.73 Å². The first-order chi connectivity index (χ1) is 4.99. The van der Waals surface area contributed by atoms with E-state index in [2.05, 4.69) is 25.8 Å². The lowest BCUT2D eigenvalue weighted by Crippen LogP contribution is -2.34. The quantitative estimate of drug-likeness (QED) is 0.568. The maximum Gasteiger partial charge on any atom is 0.0167 e. The summed E-state index contributed by atoms with van der Waals surface area (Å²) < 4.78 is 0. The van der Waals surface area contributed by atoms with E-state index in [0.717, 1.165) is 6.54 Å². The van der Waals surface area contributed by atoms with Gasteiger partial charge >= 0.3 is 0 Å². The van der Waals surface area contributed by atoms with Gasteiger partial charge in [0.25, 0.3) is 0 Å². The van der Waals surface area contributed by atoms with Crippen molar-refractivity contribution in [1.82, 2.24) is 4.90 Å². The van der Waals surface area contributed by atoms with Gasteiger partial charge < -0.3 is 10.6 Å². The number of hydrogen-bond donors (Lipinski definition) is 1. The topological polar surface area (TPSA) is 29.3 Å². The second-order valence-corrected chi connectivity index (χ2v) is 4.66. The highest BCUT2D eigenvalue weighted by Crippen LogP contribution is 2.26. The normalized spacial score (nSPS) is 33.3. The lowest BCUT2D eigenvalue weighted by atomic mass is 9.88. The Morgan fingerprint density at radius 1 is 1.45 bits per heavy atom. The van der Waals surface area contributed by atoms with Crippen LogP contribution in [-0.4, -0.2) is 31.1 Å². The van der Waals surface area contributed by atoms with Crippen molar-refractivity contribution in [3.63, 3.8) is 0 Å². The molecule has 1 heterocycles. The molecule has 0 aliphatic carbocycles. The van der Waals surface area contributed by atoms with Crippen LogP contribution in [0.5, 0.6) is 0 Å². The number of likely N-dealkylation sites (tertiary alicyclic amines) is 1. The Labute approximate surface area is 69.8 Å². The van der Waals surface area contributed by atoms with E-state index in [1.54, 1.807) is 0 Å². The zero-order valence-electron chi connectivity index (χ0n) is 7.93. The van der Waals surface area contributed by atoms with Crippen molar-refractivity contribution in [3.8, 4) is 0 Å². The molecule has 0 amide bonds. The van der Waals surface area contributed by atoms with Crippen molar-refractivity contribution < 1.29 is 0 Å².